The van der Waals surface area contributed by atoms with E-state index in [0.29, 0.717) is 17.0 Å². The number of nitrogens with zero attached hydrogens (tertiary/aromatic N) is 1. The summed E-state index contributed by atoms with van der Waals surface area (Å²) in [7, 11) is -3.71. The van der Waals surface area contributed by atoms with Gasteiger partial charge in [-0.1, -0.05) is 76.8 Å². The molecule has 4 N–H and O–H groups in total. The lowest BCUT2D eigenvalue weighted by molar-refractivity contribution is -0.991. The van der Waals surface area contributed by atoms with Crippen LogP contribution in [0.3, 0.4) is 0 Å². The van der Waals surface area contributed by atoms with Crippen LogP contribution in [0.15, 0.2) is 40.6 Å². The Bertz CT molecular complexity index is 1120. The highest BCUT2D eigenvalue weighted by Gasteiger charge is 2.24. The van der Waals surface area contributed by atoms with Crippen LogP contribution in [0.2, 0.25) is 0 Å². The van der Waals surface area contributed by atoms with Crippen LogP contribution in [-0.2, 0) is 32.7 Å². The fourth-order valence-corrected chi connectivity index (χ4v) is 6.51. The molecule has 0 aliphatic carbocycles. The molecule has 0 bridgehead atoms. The second-order valence-corrected chi connectivity index (χ2v) is 12.4. The van der Waals surface area contributed by atoms with Crippen molar-refractivity contribution >= 4 is 38.9 Å². The van der Waals surface area contributed by atoms with Crippen LogP contribution in [0.25, 0.3) is 0 Å². The quantitative estimate of drug-likeness (QED) is 0.120. The first-order valence-corrected chi connectivity index (χ1v) is 15.4. The van der Waals surface area contributed by atoms with Crippen molar-refractivity contribution in [3.05, 3.63) is 52.0 Å². The predicted molar refractivity (Wildman–Crippen MR) is 145 cm³/mol. The van der Waals surface area contributed by atoms with Crippen LogP contribution < -0.4 is 9.95 Å². The number of thiophene rings is 1. The summed E-state index contributed by atoms with van der Waals surface area (Å²) in [6.45, 7) is 2.29. The second-order valence-electron chi connectivity index (χ2n) is 9.27. The number of benzene rings is 1. The van der Waals surface area contributed by atoms with E-state index in [-0.39, 0.29) is 23.0 Å². The number of carbonyl (C=O) groups is 2. The zero-order valence-corrected chi connectivity index (χ0v) is 23.5. The van der Waals surface area contributed by atoms with Gasteiger partial charge in [0.2, 0.25) is 10.0 Å². The van der Waals surface area contributed by atoms with Gasteiger partial charge >= 0.3 is 11.9 Å². The fraction of sp³-hybridized carbons (Fsp3) is 0.538. The van der Waals surface area contributed by atoms with Crippen LogP contribution in [-0.4, -0.2) is 42.1 Å². The summed E-state index contributed by atoms with van der Waals surface area (Å²) >= 11 is 0.967. The Morgan fingerprint density at radius 1 is 0.974 bits per heavy atom. The number of hydrogen-bond acceptors (Lipinski definition) is 7. The molecule has 212 valence electrons. The number of aliphatic carboxylic acids is 1. The predicted octanol–water partition coefficient (Wildman–Crippen LogP) is 3.96. The molecule has 0 aliphatic rings. The van der Waals surface area contributed by atoms with Gasteiger partial charge in [-0.15, -0.1) is 11.3 Å². The number of carboxylic acid groups (broad SMARTS) is 1. The number of carboxylic acids is 1. The van der Waals surface area contributed by atoms with Gasteiger partial charge < -0.3 is 15.2 Å². The molecule has 10 nitrogen and oxygen atoms in total. The van der Waals surface area contributed by atoms with Gasteiger partial charge in [0, 0.05) is 30.1 Å². The van der Waals surface area contributed by atoms with E-state index < -0.39 is 27.1 Å². The molecule has 0 saturated heterocycles. The van der Waals surface area contributed by atoms with Crippen molar-refractivity contribution in [1.29, 1.82) is 0 Å². The normalized spacial score (nSPS) is 12.4. The highest BCUT2D eigenvalue weighted by atomic mass is 32.2. The molecule has 1 unspecified atom stereocenters. The molecule has 1 amide bonds. The second kappa shape index (κ2) is 16.6. The molecule has 0 spiro atoms. The van der Waals surface area contributed by atoms with Crippen molar-refractivity contribution in [1.82, 2.24) is 9.62 Å². The van der Waals surface area contributed by atoms with E-state index >= 15 is 0 Å². The van der Waals surface area contributed by atoms with E-state index in [1.165, 1.54) is 69.2 Å². The number of rotatable bonds is 18. The maximum absolute atomic E-state index is 12.7. The molecule has 1 aromatic carbocycles. The molecule has 0 radical (unpaired) electrons. The van der Waals surface area contributed by atoms with Crippen LogP contribution in [0.4, 0.5) is 5.69 Å². The summed E-state index contributed by atoms with van der Waals surface area (Å²) in [6.07, 6.45) is 11.6. The molecule has 12 heteroatoms. The van der Waals surface area contributed by atoms with Crippen molar-refractivity contribution in [2.45, 2.75) is 88.4 Å². The maximum Gasteiger partial charge on any atom is 0.394 e. The van der Waals surface area contributed by atoms with Crippen LogP contribution in [0, 0.1) is 5.21 Å². The molecule has 2 rings (SSSR count). The summed E-state index contributed by atoms with van der Waals surface area (Å²) in [5.74, 6) is -2.82. The Morgan fingerprint density at radius 3 is 2.21 bits per heavy atom. The van der Waals surface area contributed by atoms with Gasteiger partial charge in [-0.05, 0) is 24.1 Å². The summed E-state index contributed by atoms with van der Waals surface area (Å²) < 4.78 is 28.1. The lowest BCUT2D eigenvalue weighted by atomic mass is 10.1. The van der Waals surface area contributed by atoms with Gasteiger partial charge in [0.15, 0.2) is 5.69 Å². The van der Waals surface area contributed by atoms with Gasteiger partial charge in [0.1, 0.15) is 4.21 Å². The van der Waals surface area contributed by atoms with Crippen molar-refractivity contribution in [3.63, 3.8) is 0 Å². The Kier molecular flexibility index (Phi) is 13.9. The zero-order chi connectivity index (χ0) is 28.0. The highest BCUT2D eigenvalue weighted by Crippen LogP contribution is 2.24. The molecule has 1 aromatic heterocycles. The minimum absolute atomic E-state index is 0.0169. The van der Waals surface area contributed by atoms with E-state index in [0.717, 1.165) is 35.5 Å². The summed E-state index contributed by atoms with van der Waals surface area (Å²) in [6, 6.07) is 8.86. The zero-order valence-electron chi connectivity index (χ0n) is 21.9. The first-order valence-electron chi connectivity index (χ1n) is 13.1. The number of unbranched alkanes of at least 4 members (excludes halogenated alkanes) is 9. The molecule has 1 heterocycles. The van der Waals surface area contributed by atoms with Crippen LogP contribution in [0.5, 0.6) is 0 Å². The highest BCUT2D eigenvalue weighted by molar-refractivity contribution is 7.91. The van der Waals surface area contributed by atoms with Crippen molar-refractivity contribution in [2.75, 3.05) is 6.54 Å². The smallest absolute Gasteiger partial charge is 0.394 e. The van der Waals surface area contributed by atoms with E-state index in [2.05, 4.69) is 11.6 Å². The van der Waals surface area contributed by atoms with Crippen LogP contribution >= 0.6 is 11.3 Å². The summed E-state index contributed by atoms with van der Waals surface area (Å²) in [5.41, 5.74) is 0.463. The van der Waals surface area contributed by atoms with Gasteiger partial charge in [0.05, 0.1) is 6.54 Å². The monoisotopic (exact) mass is 569 g/mol. The van der Waals surface area contributed by atoms with Gasteiger partial charge in [0.25, 0.3) is 0 Å². The summed E-state index contributed by atoms with van der Waals surface area (Å²) in [5, 5.41) is 28.5. The minimum atomic E-state index is -3.71. The van der Waals surface area contributed by atoms with Crippen LogP contribution in [0.1, 0.15) is 81.6 Å². The van der Waals surface area contributed by atoms with Crippen molar-refractivity contribution < 1.29 is 33.5 Å². The third-order valence-corrected chi connectivity index (χ3v) is 9.11. The number of carbonyl (C=O) groups excluding carboxylic acids is 1. The molecule has 0 saturated carbocycles. The van der Waals surface area contributed by atoms with E-state index in [9.17, 15) is 33.5 Å². The number of amides is 1. The van der Waals surface area contributed by atoms with Gasteiger partial charge in [-0.3, -0.25) is 4.79 Å². The van der Waals surface area contributed by atoms with E-state index in [1.54, 1.807) is 12.1 Å². The Hall–Kier alpha value is -2.35. The molecule has 38 heavy (non-hydrogen) atoms. The maximum atomic E-state index is 12.7. The number of hydrogen-bond donors (Lipinski definition) is 4. The molecular weight excluding hydrogens is 530 g/mol. The van der Waals surface area contributed by atoms with Gasteiger partial charge in [-0.25, -0.2) is 23.1 Å². The van der Waals surface area contributed by atoms with Gasteiger partial charge in [-0.2, -0.15) is 5.23 Å². The number of nitrogens with one attached hydrogen (secondary N) is 2. The molecule has 0 fully saturated rings. The summed E-state index contributed by atoms with van der Waals surface area (Å²) in [4.78, 5) is 25.2. The third-order valence-electron chi connectivity index (χ3n) is 6.09. The van der Waals surface area contributed by atoms with Crippen molar-refractivity contribution in [2.24, 2.45) is 0 Å². The fourth-order valence-electron chi connectivity index (χ4n) is 4.02. The average molecular weight is 570 g/mol. The van der Waals surface area contributed by atoms with Crippen molar-refractivity contribution in [3.8, 4) is 0 Å². The SMILES string of the molecule is CCCCCCCCCCCCNS(=O)(=O)c1ccc(CN(Cc2cccc([NH+]([O-])O)c2)C(=O)C(=O)O)s1. The Morgan fingerprint density at radius 2 is 1.61 bits per heavy atom. The third kappa shape index (κ3) is 11.2. The lowest BCUT2D eigenvalue weighted by Crippen LogP contribution is -2.99. The Balaban J connectivity index is 1.87. The van der Waals surface area contributed by atoms with E-state index in [1.807, 2.05) is 0 Å². The topological polar surface area (TPSA) is 152 Å². The molecular formula is C26H39N3O7S2. The first-order chi connectivity index (χ1) is 18.1. The Labute approximate surface area is 228 Å². The van der Waals surface area contributed by atoms with E-state index in [4.69, 9.17) is 0 Å². The molecule has 2 aromatic rings. The molecule has 1 atom stereocenters. The standard InChI is InChI=1S/C26H39N3O7S2/c1-2-3-4-5-6-7-8-9-10-11-17-27-38(35,36)24-16-15-23(37-24)20-28(25(30)26(31)32)19-21-13-12-14-22(18-21)29(33)34/h12-16,18,27,29,33H,2-11,17,19-20H2,1H3,(H,31,32). The molecule has 0 aliphatic heterocycles. The lowest BCUT2D eigenvalue weighted by Gasteiger charge is -2.21. The first kappa shape index (κ1) is 31.9. The number of quaternary nitrogens is 1. The largest absolute Gasteiger partial charge is 0.595 e. The minimum Gasteiger partial charge on any atom is -0.595 e. The average Bonchev–Trinajstić information content (AvgIpc) is 3.36. The number of sulfonamides is 1.